The van der Waals surface area contributed by atoms with Crippen molar-refractivity contribution in [2.45, 2.75) is 28.9 Å². The Bertz CT molecular complexity index is 385. The maximum Gasteiger partial charge on any atom is 0.0272 e. The van der Waals surface area contributed by atoms with Gasteiger partial charge >= 0.3 is 0 Å². The summed E-state index contributed by atoms with van der Waals surface area (Å²) in [6.07, 6.45) is 3.88. The topological polar surface area (TPSA) is 12.0 Å². The monoisotopic (exact) mass is 283 g/mol. The van der Waals surface area contributed by atoms with Crippen LogP contribution in [0.3, 0.4) is 0 Å². The molecule has 1 saturated heterocycles. The maximum atomic E-state index is 3.56. The van der Waals surface area contributed by atoms with Gasteiger partial charge in [0, 0.05) is 14.1 Å². The molecule has 2 aliphatic heterocycles. The predicted molar refractivity (Wildman–Crippen MR) is 68.5 cm³/mol. The molecule has 15 heavy (non-hydrogen) atoms. The molecule has 1 N–H and O–H groups in total. The fourth-order valence-corrected chi connectivity index (χ4v) is 4.47. The number of fused-ring (bicyclic) bond motifs is 1. The van der Waals surface area contributed by atoms with Gasteiger partial charge in [-0.3, -0.25) is 0 Å². The van der Waals surface area contributed by atoms with Crippen molar-refractivity contribution in [2.24, 2.45) is 0 Å². The van der Waals surface area contributed by atoms with E-state index in [1.165, 1.54) is 47.3 Å². The van der Waals surface area contributed by atoms with E-state index in [1.54, 1.807) is 0 Å². The van der Waals surface area contributed by atoms with Crippen LogP contribution < -0.4 is 5.32 Å². The van der Waals surface area contributed by atoms with Gasteiger partial charge in [0.2, 0.25) is 0 Å². The van der Waals surface area contributed by atoms with Crippen molar-refractivity contribution in [1.29, 1.82) is 0 Å². The average Bonchev–Trinajstić information content (AvgIpc) is 2.56. The van der Waals surface area contributed by atoms with E-state index >= 15 is 0 Å². The lowest BCUT2D eigenvalue weighted by atomic mass is 9.90. The molecule has 0 unspecified atom stereocenters. The third-order valence-electron chi connectivity index (χ3n) is 3.38. The molecule has 3 rings (SSSR count). The van der Waals surface area contributed by atoms with Gasteiger partial charge in [-0.2, -0.15) is 0 Å². The van der Waals surface area contributed by atoms with Gasteiger partial charge in [0.25, 0.3) is 0 Å². The zero-order valence-corrected chi connectivity index (χ0v) is 11.0. The van der Waals surface area contributed by atoms with Gasteiger partial charge in [0.1, 0.15) is 0 Å². The van der Waals surface area contributed by atoms with Gasteiger partial charge in [-0.15, -0.1) is 11.8 Å². The average molecular weight is 284 g/mol. The first-order chi connectivity index (χ1) is 7.27. The van der Waals surface area contributed by atoms with Gasteiger partial charge in [-0.25, -0.2) is 0 Å². The molecule has 0 amide bonds. The quantitative estimate of drug-likeness (QED) is 0.785. The Labute approximate surface area is 103 Å². The molecular weight excluding hydrogens is 270 g/mol. The van der Waals surface area contributed by atoms with E-state index in [9.17, 15) is 0 Å². The number of halogens is 1. The van der Waals surface area contributed by atoms with Crippen LogP contribution in [0.2, 0.25) is 0 Å². The van der Waals surface area contributed by atoms with Crippen LogP contribution in [0.25, 0.3) is 0 Å². The van der Waals surface area contributed by atoms with Crippen molar-refractivity contribution in [3.05, 3.63) is 28.2 Å². The van der Waals surface area contributed by atoms with E-state index in [-0.39, 0.29) is 0 Å². The van der Waals surface area contributed by atoms with E-state index in [2.05, 4.69) is 51.2 Å². The molecule has 1 nitrogen and oxygen atoms in total. The molecule has 0 saturated carbocycles. The summed E-state index contributed by atoms with van der Waals surface area (Å²) < 4.78 is 1.72. The zero-order valence-electron chi connectivity index (χ0n) is 8.55. The predicted octanol–water partition coefficient (Wildman–Crippen LogP) is 3.22. The largest absolute Gasteiger partial charge is 0.317 e. The molecule has 1 spiro atoms. The molecule has 0 aromatic heterocycles. The fraction of sp³-hybridized carbons (Fsp3) is 0.500. The first-order valence-electron chi connectivity index (χ1n) is 5.46. The number of nitrogens with one attached hydrogen (secondary N) is 1. The standard InChI is InChI=1S/C12H14BrNS/c13-10-1-2-11-9(7-10)8-12(15-11)3-5-14-6-4-12/h1-2,7,14H,3-6,8H2. The molecule has 0 atom stereocenters. The minimum atomic E-state index is 0.508. The van der Waals surface area contributed by atoms with Gasteiger partial charge < -0.3 is 5.32 Å². The second-order valence-corrected chi connectivity index (χ2v) is 6.89. The molecule has 2 aliphatic rings. The Morgan fingerprint density at radius 2 is 2.07 bits per heavy atom. The van der Waals surface area contributed by atoms with Crippen molar-refractivity contribution in [3.63, 3.8) is 0 Å². The summed E-state index contributed by atoms with van der Waals surface area (Å²) in [7, 11) is 0. The number of hydrogen-bond donors (Lipinski definition) is 1. The Hall–Kier alpha value is 0.01000. The van der Waals surface area contributed by atoms with Crippen molar-refractivity contribution < 1.29 is 0 Å². The number of thioether (sulfide) groups is 1. The lowest BCUT2D eigenvalue weighted by Gasteiger charge is -2.32. The molecule has 3 heteroatoms. The lowest BCUT2D eigenvalue weighted by Crippen LogP contribution is -2.39. The van der Waals surface area contributed by atoms with E-state index in [0.717, 1.165) is 0 Å². The van der Waals surface area contributed by atoms with Crippen molar-refractivity contribution in [3.8, 4) is 0 Å². The Morgan fingerprint density at radius 3 is 2.87 bits per heavy atom. The van der Waals surface area contributed by atoms with E-state index < -0.39 is 0 Å². The second-order valence-electron chi connectivity index (χ2n) is 4.46. The third-order valence-corrected chi connectivity index (χ3v) is 5.47. The highest BCUT2D eigenvalue weighted by atomic mass is 79.9. The number of hydrogen-bond acceptors (Lipinski definition) is 2. The highest BCUT2D eigenvalue weighted by molar-refractivity contribution is 9.10. The summed E-state index contributed by atoms with van der Waals surface area (Å²) in [5.41, 5.74) is 1.54. The number of benzene rings is 1. The first kappa shape index (κ1) is 10.2. The molecular formula is C12H14BrNS. The molecule has 80 valence electrons. The number of piperidine rings is 1. The minimum absolute atomic E-state index is 0.508. The molecule has 1 fully saturated rings. The van der Waals surface area contributed by atoms with Crippen LogP contribution in [0.15, 0.2) is 27.6 Å². The van der Waals surface area contributed by atoms with Crippen molar-refractivity contribution in [2.75, 3.05) is 13.1 Å². The first-order valence-corrected chi connectivity index (χ1v) is 7.07. The minimum Gasteiger partial charge on any atom is -0.317 e. The lowest BCUT2D eigenvalue weighted by molar-refractivity contribution is 0.417. The van der Waals surface area contributed by atoms with Gasteiger partial charge in [-0.1, -0.05) is 15.9 Å². The van der Waals surface area contributed by atoms with Gasteiger partial charge in [0.05, 0.1) is 0 Å². The highest BCUT2D eigenvalue weighted by Crippen LogP contribution is 2.50. The molecule has 1 aromatic carbocycles. The zero-order chi connectivity index (χ0) is 10.3. The molecule has 1 aromatic rings. The Kier molecular flexibility index (Phi) is 2.57. The van der Waals surface area contributed by atoms with Crippen LogP contribution in [0, 0.1) is 0 Å². The molecule has 0 bridgehead atoms. The van der Waals surface area contributed by atoms with Crippen LogP contribution in [0.5, 0.6) is 0 Å². The van der Waals surface area contributed by atoms with Crippen LogP contribution in [0.1, 0.15) is 18.4 Å². The van der Waals surface area contributed by atoms with Gasteiger partial charge in [-0.05, 0) is 56.1 Å². The normalized spacial score (nSPS) is 23.0. The molecule has 0 radical (unpaired) electrons. The van der Waals surface area contributed by atoms with Crippen LogP contribution in [-0.4, -0.2) is 17.8 Å². The smallest absolute Gasteiger partial charge is 0.0272 e. The summed E-state index contributed by atoms with van der Waals surface area (Å²) in [4.78, 5) is 1.50. The second kappa shape index (κ2) is 3.79. The fourth-order valence-electron chi connectivity index (χ4n) is 2.56. The summed E-state index contributed by atoms with van der Waals surface area (Å²) in [5, 5.41) is 3.45. The van der Waals surface area contributed by atoms with Crippen LogP contribution >= 0.6 is 27.7 Å². The van der Waals surface area contributed by atoms with Crippen molar-refractivity contribution >= 4 is 27.7 Å². The molecule has 2 heterocycles. The SMILES string of the molecule is Brc1ccc2c(c1)CC1(CCNCC1)S2. The highest BCUT2D eigenvalue weighted by Gasteiger charge is 2.38. The summed E-state index contributed by atoms with van der Waals surface area (Å²) in [6.45, 7) is 2.37. The Balaban J connectivity index is 1.90. The van der Waals surface area contributed by atoms with Crippen LogP contribution in [-0.2, 0) is 6.42 Å². The van der Waals surface area contributed by atoms with Gasteiger partial charge in [0.15, 0.2) is 0 Å². The molecule has 0 aliphatic carbocycles. The van der Waals surface area contributed by atoms with E-state index in [1.807, 2.05) is 0 Å². The van der Waals surface area contributed by atoms with E-state index in [4.69, 9.17) is 0 Å². The summed E-state index contributed by atoms with van der Waals surface area (Å²) in [6, 6.07) is 6.71. The summed E-state index contributed by atoms with van der Waals surface area (Å²) >= 11 is 5.66. The van der Waals surface area contributed by atoms with E-state index in [0.29, 0.717) is 4.75 Å². The summed E-state index contributed by atoms with van der Waals surface area (Å²) in [5.74, 6) is 0. The maximum absolute atomic E-state index is 3.56. The Morgan fingerprint density at radius 1 is 1.27 bits per heavy atom. The van der Waals surface area contributed by atoms with Crippen LogP contribution in [0.4, 0.5) is 0 Å². The van der Waals surface area contributed by atoms with Crippen molar-refractivity contribution in [1.82, 2.24) is 5.32 Å². The number of rotatable bonds is 0. The third kappa shape index (κ3) is 1.85.